The summed E-state index contributed by atoms with van der Waals surface area (Å²) in [6.45, 7) is 0.965. The number of amides is 1. The fourth-order valence-corrected chi connectivity index (χ4v) is 0.447. The summed E-state index contributed by atoms with van der Waals surface area (Å²) >= 11 is 0. The van der Waals surface area contributed by atoms with Gasteiger partial charge in [-0.25, -0.2) is 0 Å². The molecule has 12 heavy (non-hydrogen) atoms. The highest BCUT2D eigenvalue weighted by Crippen LogP contribution is 2.07. The summed E-state index contributed by atoms with van der Waals surface area (Å²) in [5.41, 5.74) is 2.19. The minimum atomic E-state index is -2.49. The van der Waals surface area contributed by atoms with Crippen molar-refractivity contribution in [1.82, 2.24) is 0 Å². The van der Waals surface area contributed by atoms with Crippen LogP contribution in [0.4, 0.5) is 0 Å². The summed E-state index contributed by atoms with van der Waals surface area (Å²) in [5.74, 6) is -2.22. The van der Waals surface area contributed by atoms with Crippen LogP contribution >= 0.6 is 0 Å². The van der Waals surface area contributed by atoms with E-state index in [-0.39, 0.29) is 0 Å². The van der Waals surface area contributed by atoms with Crippen LogP contribution in [0.1, 0.15) is 6.92 Å². The van der Waals surface area contributed by atoms with E-state index in [2.05, 4.69) is 10.5 Å². The normalized spacial score (nSPS) is 9.25. The van der Waals surface area contributed by atoms with Crippen molar-refractivity contribution in [3.05, 3.63) is 0 Å². The van der Waals surface area contributed by atoms with E-state index in [1.807, 2.05) is 0 Å². The van der Waals surface area contributed by atoms with E-state index in [0.717, 1.165) is 6.92 Å². The molecule has 0 spiro atoms. The number of nitriles is 2. The monoisotopic (exact) mass is 167 g/mol. The predicted molar refractivity (Wildman–Crippen MR) is 34.9 cm³/mol. The molecule has 6 nitrogen and oxygen atoms in total. The third-order valence-corrected chi connectivity index (χ3v) is 0.959. The Bertz CT molecular complexity index is 282. The van der Waals surface area contributed by atoms with Gasteiger partial charge in [-0.3, -0.25) is 9.59 Å². The van der Waals surface area contributed by atoms with Crippen LogP contribution < -0.4 is 5.73 Å². The maximum Gasteiger partial charge on any atom is 0.360 e. The lowest BCUT2D eigenvalue weighted by Crippen LogP contribution is -2.44. The molecule has 0 heterocycles. The van der Waals surface area contributed by atoms with E-state index in [0.29, 0.717) is 0 Å². The quantitative estimate of drug-likeness (QED) is 0.519. The summed E-state index contributed by atoms with van der Waals surface area (Å²) in [6.07, 6.45) is 0. The van der Waals surface area contributed by atoms with Crippen molar-refractivity contribution in [3.8, 4) is 12.1 Å². The van der Waals surface area contributed by atoms with Crippen LogP contribution in [-0.2, 0) is 14.3 Å². The van der Waals surface area contributed by atoms with Gasteiger partial charge < -0.3 is 10.5 Å². The van der Waals surface area contributed by atoms with E-state index in [4.69, 9.17) is 10.5 Å². The van der Waals surface area contributed by atoms with Gasteiger partial charge >= 0.3 is 11.6 Å². The summed E-state index contributed by atoms with van der Waals surface area (Å²) in [4.78, 5) is 20.9. The maximum absolute atomic E-state index is 10.5. The minimum Gasteiger partial charge on any atom is -0.421 e. The van der Waals surface area contributed by atoms with Crippen LogP contribution in [0.3, 0.4) is 0 Å². The standard InChI is InChI=1S/C6H5N3O3/c1-4(10)12-6(2-7,3-8)5(9)11/h1H3,(H2,9,11). The summed E-state index contributed by atoms with van der Waals surface area (Å²) in [5, 5.41) is 16.7. The maximum atomic E-state index is 10.5. The molecule has 0 aliphatic rings. The third-order valence-electron chi connectivity index (χ3n) is 0.959. The second kappa shape index (κ2) is 3.35. The van der Waals surface area contributed by atoms with Gasteiger partial charge in [-0.05, 0) is 0 Å². The molecule has 0 radical (unpaired) electrons. The van der Waals surface area contributed by atoms with Crippen LogP contribution in [-0.4, -0.2) is 17.5 Å². The number of esters is 1. The zero-order valence-corrected chi connectivity index (χ0v) is 6.20. The Hall–Kier alpha value is -2.08. The number of rotatable bonds is 2. The van der Waals surface area contributed by atoms with Gasteiger partial charge in [0.2, 0.25) is 0 Å². The fraction of sp³-hybridized carbons (Fsp3) is 0.333. The van der Waals surface area contributed by atoms with Crippen LogP contribution in [0.5, 0.6) is 0 Å². The molecule has 0 atom stereocenters. The van der Waals surface area contributed by atoms with Gasteiger partial charge in [-0.2, -0.15) is 10.5 Å². The van der Waals surface area contributed by atoms with Crippen LogP contribution in [0.25, 0.3) is 0 Å². The Morgan fingerprint density at radius 2 is 1.83 bits per heavy atom. The van der Waals surface area contributed by atoms with E-state index in [1.54, 1.807) is 0 Å². The Morgan fingerprint density at radius 3 is 1.92 bits per heavy atom. The number of hydrogen-bond acceptors (Lipinski definition) is 5. The van der Waals surface area contributed by atoms with Crippen LogP contribution in [0.15, 0.2) is 0 Å². The highest BCUT2D eigenvalue weighted by Gasteiger charge is 2.41. The van der Waals surface area contributed by atoms with Crippen molar-refractivity contribution in [3.63, 3.8) is 0 Å². The number of ether oxygens (including phenoxy) is 1. The van der Waals surface area contributed by atoms with Gasteiger partial charge in [0.15, 0.2) is 0 Å². The first-order valence-electron chi connectivity index (χ1n) is 2.80. The smallest absolute Gasteiger partial charge is 0.360 e. The highest BCUT2D eigenvalue weighted by molar-refractivity contribution is 5.92. The molecule has 0 bridgehead atoms. The van der Waals surface area contributed by atoms with Gasteiger partial charge in [-0.1, -0.05) is 0 Å². The molecule has 0 saturated heterocycles. The molecule has 1 amide bonds. The van der Waals surface area contributed by atoms with Crippen molar-refractivity contribution >= 4 is 11.9 Å². The molecule has 0 fully saturated rings. The zero-order chi connectivity index (χ0) is 9.78. The van der Waals surface area contributed by atoms with Crippen molar-refractivity contribution < 1.29 is 14.3 Å². The lowest BCUT2D eigenvalue weighted by molar-refractivity contribution is -0.154. The van der Waals surface area contributed by atoms with Gasteiger partial charge in [-0.15, -0.1) is 0 Å². The van der Waals surface area contributed by atoms with E-state index >= 15 is 0 Å². The molecule has 6 heteroatoms. The molecule has 0 aromatic carbocycles. The molecule has 0 unspecified atom stereocenters. The summed E-state index contributed by atoms with van der Waals surface area (Å²) in [6, 6.07) is 2.43. The van der Waals surface area contributed by atoms with E-state index in [9.17, 15) is 9.59 Å². The first-order valence-corrected chi connectivity index (χ1v) is 2.80. The summed E-state index contributed by atoms with van der Waals surface area (Å²) < 4.78 is 4.16. The van der Waals surface area contributed by atoms with Crippen molar-refractivity contribution in [2.75, 3.05) is 0 Å². The number of nitrogens with two attached hydrogens (primary N) is 1. The lowest BCUT2D eigenvalue weighted by Gasteiger charge is -2.12. The largest absolute Gasteiger partial charge is 0.421 e. The number of primary amides is 1. The minimum absolute atomic E-state index is 0.920. The Labute approximate surface area is 68.1 Å². The SMILES string of the molecule is CC(=O)OC(C#N)(C#N)C(N)=O. The molecule has 2 N–H and O–H groups in total. The second-order valence-electron chi connectivity index (χ2n) is 1.86. The van der Waals surface area contributed by atoms with Gasteiger partial charge in [0, 0.05) is 6.92 Å². The Morgan fingerprint density at radius 1 is 1.42 bits per heavy atom. The summed E-state index contributed by atoms with van der Waals surface area (Å²) in [7, 11) is 0. The molecule has 0 aliphatic carbocycles. The number of hydrogen-bond donors (Lipinski definition) is 1. The molecule has 0 aliphatic heterocycles. The van der Waals surface area contributed by atoms with Crippen molar-refractivity contribution in [2.24, 2.45) is 5.73 Å². The Kier molecular flexibility index (Phi) is 2.77. The van der Waals surface area contributed by atoms with Gasteiger partial charge in [0.1, 0.15) is 12.1 Å². The van der Waals surface area contributed by atoms with Crippen molar-refractivity contribution in [2.45, 2.75) is 12.5 Å². The predicted octanol–water partition coefficient (Wildman–Crippen LogP) is -1.18. The first kappa shape index (κ1) is 9.92. The number of carbonyl (C=O) groups is 2. The zero-order valence-electron chi connectivity index (χ0n) is 6.20. The van der Waals surface area contributed by atoms with Crippen LogP contribution in [0.2, 0.25) is 0 Å². The average molecular weight is 167 g/mol. The van der Waals surface area contributed by atoms with Gasteiger partial charge in [0.05, 0.1) is 0 Å². The first-order chi connectivity index (χ1) is 5.48. The molecular weight excluding hydrogens is 162 g/mol. The van der Waals surface area contributed by atoms with E-state index in [1.165, 1.54) is 12.1 Å². The van der Waals surface area contributed by atoms with E-state index < -0.39 is 17.5 Å². The third kappa shape index (κ3) is 1.70. The second-order valence-corrected chi connectivity index (χ2v) is 1.86. The lowest BCUT2D eigenvalue weighted by atomic mass is 10.1. The molecule has 0 rings (SSSR count). The molecule has 0 saturated carbocycles. The fourth-order valence-electron chi connectivity index (χ4n) is 0.447. The molecular formula is C6H5N3O3. The highest BCUT2D eigenvalue weighted by atomic mass is 16.6. The van der Waals surface area contributed by atoms with Gasteiger partial charge in [0.25, 0.3) is 5.91 Å². The Balaban J connectivity index is 4.91. The number of carbonyl (C=O) groups excluding carboxylic acids is 2. The van der Waals surface area contributed by atoms with Crippen molar-refractivity contribution in [1.29, 1.82) is 10.5 Å². The molecule has 0 aromatic rings. The topological polar surface area (TPSA) is 117 Å². The molecule has 0 aromatic heterocycles. The average Bonchev–Trinajstić information content (AvgIpc) is 1.99. The number of nitrogens with zero attached hydrogens (tertiary/aromatic N) is 2. The van der Waals surface area contributed by atoms with Crippen LogP contribution in [0, 0.1) is 22.7 Å². The molecule has 62 valence electrons.